The maximum atomic E-state index is 5.62. The van der Waals surface area contributed by atoms with Crippen LogP contribution in [0, 0.1) is 0 Å². The quantitative estimate of drug-likeness (QED) is 0.794. The Labute approximate surface area is 107 Å². The zero-order valence-corrected chi connectivity index (χ0v) is 11.6. The first kappa shape index (κ1) is 11.8. The van der Waals surface area contributed by atoms with E-state index in [0.29, 0.717) is 11.8 Å². The van der Waals surface area contributed by atoms with E-state index in [1.54, 1.807) is 11.3 Å². The van der Waals surface area contributed by atoms with Gasteiger partial charge >= 0.3 is 0 Å². The molecular formula is C11H13BrN2OS. The number of hydrogen-bond acceptors (Lipinski definition) is 4. The first-order valence-corrected chi connectivity index (χ1v) is 7.04. The Balaban J connectivity index is 2.24. The van der Waals surface area contributed by atoms with Gasteiger partial charge in [-0.15, -0.1) is 21.5 Å². The average Bonchev–Trinajstić information content (AvgIpc) is 2.95. The highest BCUT2D eigenvalue weighted by Gasteiger charge is 2.15. The lowest BCUT2D eigenvalue weighted by Crippen LogP contribution is -1.86. The summed E-state index contributed by atoms with van der Waals surface area (Å²) in [5, 5.41) is 8.11. The van der Waals surface area contributed by atoms with E-state index in [1.165, 1.54) is 4.88 Å². The van der Waals surface area contributed by atoms with Gasteiger partial charge in [0.2, 0.25) is 5.89 Å². The summed E-state index contributed by atoms with van der Waals surface area (Å²) in [7, 11) is 0. The molecule has 0 amide bonds. The van der Waals surface area contributed by atoms with E-state index in [4.69, 9.17) is 4.42 Å². The van der Waals surface area contributed by atoms with Crippen molar-refractivity contribution in [3.8, 4) is 10.8 Å². The fourth-order valence-electron chi connectivity index (χ4n) is 1.32. The number of thiophene rings is 1. The second-order valence-corrected chi connectivity index (χ2v) is 5.71. The molecule has 0 N–H and O–H groups in total. The van der Waals surface area contributed by atoms with E-state index in [1.807, 2.05) is 6.07 Å². The largest absolute Gasteiger partial charge is 0.419 e. The van der Waals surface area contributed by atoms with Gasteiger partial charge in [0.05, 0.1) is 9.70 Å². The molecule has 2 heterocycles. The van der Waals surface area contributed by atoms with Gasteiger partial charge in [0.15, 0.2) is 0 Å². The molecule has 5 heteroatoms. The van der Waals surface area contributed by atoms with Gasteiger partial charge in [-0.25, -0.2) is 0 Å². The molecule has 0 radical (unpaired) electrons. The highest BCUT2D eigenvalue weighted by Crippen LogP contribution is 2.31. The molecule has 2 rings (SSSR count). The Bertz CT molecular complexity index is 466. The average molecular weight is 301 g/mol. The number of aryl methyl sites for hydroxylation is 1. The number of alkyl halides is 1. The molecule has 16 heavy (non-hydrogen) atoms. The minimum atomic E-state index is 0.152. The van der Waals surface area contributed by atoms with E-state index in [-0.39, 0.29) is 4.83 Å². The van der Waals surface area contributed by atoms with Crippen LogP contribution < -0.4 is 0 Å². The minimum Gasteiger partial charge on any atom is -0.419 e. The molecule has 0 saturated heterocycles. The van der Waals surface area contributed by atoms with Gasteiger partial charge in [-0.2, -0.15) is 0 Å². The molecule has 0 fully saturated rings. The van der Waals surface area contributed by atoms with Crippen LogP contribution in [0.2, 0.25) is 0 Å². The Kier molecular flexibility index (Phi) is 3.76. The number of halogens is 1. The van der Waals surface area contributed by atoms with Crippen molar-refractivity contribution in [1.82, 2.24) is 10.2 Å². The Morgan fingerprint density at radius 3 is 2.81 bits per heavy atom. The summed E-state index contributed by atoms with van der Waals surface area (Å²) in [6.07, 6.45) is 1.98. The maximum absolute atomic E-state index is 5.62. The van der Waals surface area contributed by atoms with Gasteiger partial charge < -0.3 is 4.42 Å². The van der Waals surface area contributed by atoms with Crippen LogP contribution in [0.15, 0.2) is 16.5 Å². The monoisotopic (exact) mass is 300 g/mol. The van der Waals surface area contributed by atoms with Crippen LogP contribution in [0.1, 0.15) is 35.9 Å². The highest BCUT2D eigenvalue weighted by molar-refractivity contribution is 9.09. The predicted octanol–water partition coefficient (Wildman–Crippen LogP) is 4.21. The Morgan fingerprint density at radius 1 is 1.38 bits per heavy atom. The van der Waals surface area contributed by atoms with Crippen molar-refractivity contribution in [2.24, 2.45) is 0 Å². The lowest BCUT2D eigenvalue weighted by atomic mass is 10.3. The van der Waals surface area contributed by atoms with Crippen molar-refractivity contribution < 1.29 is 4.42 Å². The predicted molar refractivity (Wildman–Crippen MR) is 68.9 cm³/mol. The summed E-state index contributed by atoms with van der Waals surface area (Å²) in [5.74, 6) is 1.28. The van der Waals surface area contributed by atoms with Crippen LogP contribution in [-0.2, 0) is 6.42 Å². The third-order valence-electron chi connectivity index (χ3n) is 2.29. The van der Waals surface area contributed by atoms with E-state index in [9.17, 15) is 0 Å². The van der Waals surface area contributed by atoms with Gasteiger partial charge in [0.1, 0.15) is 0 Å². The number of rotatable bonds is 4. The van der Waals surface area contributed by atoms with Crippen LogP contribution in [0.5, 0.6) is 0 Å². The lowest BCUT2D eigenvalue weighted by Gasteiger charge is -1.97. The summed E-state index contributed by atoms with van der Waals surface area (Å²) in [5.41, 5.74) is 0. The molecule has 0 aliphatic carbocycles. The molecule has 2 aromatic heterocycles. The molecule has 86 valence electrons. The molecule has 0 bridgehead atoms. The standard InChI is InChI=1S/C11H13BrN2OS/c1-3-7-5-6-9(16-7)11-14-13-10(15-11)8(12)4-2/h5-6,8H,3-4H2,1-2H3. The molecule has 0 aliphatic heterocycles. The molecule has 1 unspecified atom stereocenters. The number of hydrogen-bond donors (Lipinski definition) is 0. The van der Waals surface area contributed by atoms with Gasteiger partial charge in [-0.3, -0.25) is 0 Å². The first-order chi connectivity index (χ1) is 7.74. The molecular weight excluding hydrogens is 288 g/mol. The highest BCUT2D eigenvalue weighted by atomic mass is 79.9. The zero-order chi connectivity index (χ0) is 11.5. The minimum absolute atomic E-state index is 0.152. The molecule has 1 atom stereocenters. The van der Waals surface area contributed by atoms with Crippen LogP contribution in [0.25, 0.3) is 10.8 Å². The number of nitrogens with zero attached hydrogens (tertiary/aromatic N) is 2. The van der Waals surface area contributed by atoms with Crippen LogP contribution in [0.3, 0.4) is 0 Å². The lowest BCUT2D eigenvalue weighted by molar-refractivity contribution is 0.501. The topological polar surface area (TPSA) is 38.9 Å². The number of aromatic nitrogens is 2. The van der Waals surface area contributed by atoms with Crippen LogP contribution in [-0.4, -0.2) is 10.2 Å². The van der Waals surface area contributed by atoms with Crippen molar-refractivity contribution in [2.45, 2.75) is 31.5 Å². The van der Waals surface area contributed by atoms with Crippen molar-refractivity contribution in [3.05, 3.63) is 22.9 Å². The van der Waals surface area contributed by atoms with Crippen molar-refractivity contribution in [3.63, 3.8) is 0 Å². The zero-order valence-electron chi connectivity index (χ0n) is 9.24. The molecule has 2 aromatic rings. The van der Waals surface area contributed by atoms with E-state index in [0.717, 1.165) is 17.7 Å². The second-order valence-electron chi connectivity index (χ2n) is 3.44. The fourth-order valence-corrected chi connectivity index (χ4v) is 2.37. The van der Waals surface area contributed by atoms with Gasteiger partial charge in [-0.1, -0.05) is 29.8 Å². The first-order valence-electron chi connectivity index (χ1n) is 5.31. The van der Waals surface area contributed by atoms with Gasteiger partial charge in [-0.05, 0) is 25.0 Å². The van der Waals surface area contributed by atoms with E-state index >= 15 is 0 Å². The molecule has 0 aromatic carbocycles. The molecule has 0 spiro atoms. The fraction of sp³-hybridized carbons (Fsp3) is 0.455. The summed E-state index contributed by atoms with van der Waals surface area (Å²) >= 11 is 5.20. The maximum Gasteiger partial charge on any atom is 0.257 e. The van der Waals surface area contributed by atoms with Crippen molar-refractivity contribution in [2.75, 3.05) is 0 Å². The third-order valence-corrected chi connectivity index (χ3v) is 4.54. The Morgan fingerprint density at radius 2 is 2.19 bits per heavy atom. The van der Waals surface area contributed by atoms with Crippen molar-refractivity contribution in [1.29, 1.82) is 0 Å². The van der Waals surface area contributed by atoms with E-state index in [2.05, 4.69) is 46.0 Å². The second kappa shape index (κ2) is 5.10. The normalized spacial score (nSPS) is 12.9. The summed E-state index contributed by atoms with van der Waals surface area (Å²) < 4.78 is 5.62. The van der Waals surface area contributed by atoms with Crippen LogP contribution >= 0.6 is 27.3 Å². The van der Waals surface area contributed by atoms with Gasteiger partial charge in [0.25, 0.3) is 5.89 Å². The van der Waals surface area contributed by atoms with Gasteiger partial charge in [0, 0.05) is 4.88 Å². The smallest absolute Gasteiger partial charge is 0.257 e. The molecule has 3 nitrogen and oxygen atoms in total. The van der Waals surface area contributed by atoms with Crippen molar-refractivity contribution >= 4 is 27.3 Å². The molecule has 0 aliphatic rings. The summed E-state index contributed by atoms with van der Waals surface area (Å²) in [6, 6.07) is 4.14. The summed E-state index contributed by atoms with van der Waals surface area (Å²) in [6.45, 7) is 4.21. The summed E-state index contributed by atoms with van der Waals surface area (Å²) in [4.78, 5) is 2.53. The van der Waals surface area contributed by atoms with Crippen LogP contribution in [0.4, 0.5) is 0 Å². The molecule has 0 saturated carbocycles. The SMILES string of the molecule is CCc1ccc(-c2nnc(C(Br)CC)o2)s1. The Hall–Kier alpha value is -0.680. The van der Waals surface area contributed by atoms with E-state index < -0.39 is 0 Å². The third kappa shape index (κ3) is 2.35.